The molecular formula is C20H19N3O3S. The van der Waals surface area contributed by atoms with Crippen molar-refractivity contribution in [2.45, 2.75) is 13.8 Å². The van der Waals surface area contributed by atoms with Crippen LogP contribution in [0.2, 0.25) is 0 Å². The van der Waals surface area contributed by atoms with Gasteiger partial charge in [-0.3, -0.25) is 14.9 Å². The van der Waals surface area contributed by atoms with Crippen LogP contribution in [0.15, 0.2) is 48.5 Å². The van der Waals surface area contributed by atoms with Crippen molar-refractivity contribution in [1.82, 2.24) is 4.98 Å². The van der Waals surface area contributed by atoms with Gasteiger partial charge in [0.05, 0.1) is 12.8 Å². The molecule has 7 heteroatoms. The number of nitrogens with one attached hydrogen (secondary N) is 2. The summed E-state index contributed by atoms with van der Waals surface area (Å²) in [6.45, 7) is 3.69. The highest BCUT2D eigenvalue weighted by Crippen LogP contribution is 2.25. The summed E-state index contributed by atoms with van der Waals surface area (Å²) in [5, 5.41) is 5.94. The highest BCUT2D eigenvalue weighted by atomic mass is 32.1. The minimum Gasteiger partial charge on any atom is -0.497 e. The molecule has 27 heavy (non-hydrogen) atoms. The van der Waals surface area contributed by atoms with Crippen molar-refractivity contribution in [2.24, 2.45) is 0 Å². The van der Waals surface area contributed by atoms with Crippen molar-refractivity contribution < 1.29 is 14.3 Å². The number of thiazole rings is 1. The van der Waals surface area contributed by atoms with Crippen LogP contribution >= 0.6 is 11.3 Å². The third-order valence-corrected chi connectivity index (χ3v) is 4.94. The second-order valence-corrected chi connectivity index (χ2v) is 6.94. The molecule has 0 aliphatic carbocycles. The number of amides is 2. The topological polar surface area (TPSA) is 80.3 Å². The SMILES string of the molecule is COc1cccc(NC(=O)c2sc(NC(=O)c3ccc(C)cc3)nc2C)c1. The van der Waals surface area contributed by atoms with Crippen molar-refractivity contribution >= 4 is 34.0 Å². The Kier molecular flexibility index (Phi) is 5.52. The van der Waals surface area contributed by atoms with E-state index in [2.05, 4.69) is 15.6 Å². The summed E-state index contributed by atoms with van der Waals surface area (Å²) >= 11 is 1.14. The predicted molar refractivity (Wildman–Crippen MR) is 107 cm³/mol. The van der Waals surface area contributed by atoms with E-state index in [1.54, 1.807) is 50.4 Å². The molecule has 138 valence electrons. The van der Waals surface area contributed by atoms with Crippen molar-refractivity contribution in [3.05, 3.63) is 70.2 Å². The minimum absolute atomic E-state index is 0.261. The molecule has 3 aromatic rings. The third kappa shape index (κ3) is 4.51. The van der Waals surface area contributed by atoms with E-state index in [-0.39, 0.29) is 11.8 Å². The first-order valence-electron chi connectivity index (χ1n) is 8.27. The molecule has 0 spiro atoms. The number of benzene rings is 2. The number of aromatic nitrogens is 1. The average Bonchev–Trinajstić information content (AvgIpc) is 3.02. The van der Waals surface area contributed by atoms with Gasteiger partial charge in [-0.2, -0.15) is 0 Å². The van der Waals surface area contributed by atoms with Crippen molar-refractivity contribution in [3.8, 4) is 5.75 Å². The van der Waals surface area contributed by atoms with Crippen LogP contribution in [0.3, 0.4) is 0 Å². The molecule has 0 saturated carbocycles. The molecule has 0 atom stereocenters. The summed E-state index contributed by atoms with van der Waals surface area (Å²) in [5.41, 5.74) is 2.79. The van der Waals surface area contributed by atoms with E-state index < -0.39 is 0 Å². The standard InChI is InChI=1S/C20H19N3O3S/c1-12-7-9-14(10-8-12)18(24)23-20-21-13(2)17(27-20)19(25)22-15-5-4-6-16(11-15)26-3/h4-11H,1-3H3,(H,22,25)(H,21,23,24). The van der Waals surface area contributed by atoms with Gasteiger partial charge in [0.25, 0.3) is 11.8 Å². The number of nitrogens with zero attached hydrogens (tertiary/aromatic N) is 1. The van der Waals surface area contributed by atoms with E-state index in [9.17, 15) is 9.59 Å². The Morgan fingerprint density at radius 3 is 2.44 bits per heavy atom. The zero-order valence-electron chi connectivity index (χ0n) is 15.2. The van der Waals surface area contributed by atoms with E-state index in [0.29, 0.717) is 32.7 Å². The smallest absolute Gasteiger partial charge is 0.267 e. The molecular weight excluding hydrogens is 362 g/mol. The van der Waals surface area contributed by atoms with Crippen LogP contribution in [0.25, 0.3) is 0 Å². The molecule has 0 radical (unpaired) electrons. The Hall–Kier alpha value is -3.19. The van der Waals surface area contributed by atoms with Gasteiger partial charge in [0.1, 0.15) is 10.6 Å². The number of anilines is 2. The molecule has 0 aliphatic rings. The molecule has 0 aliphatic heterocycles. The number of ether oxygens (including phenoxy) is 1. The normalized spacial score (nSPS) is 10.3. The Morgan fingerprint density at radius 1 is 1.00 bits per heavy atom. The number of aryl methyl sites for hydroxylation is 2. The van der Waals surface area contributed by atoms with Gasteiger partial charge >= 0.3 is 0 Å². The summed E-state index contributed by atoms with van der Waals surface area (Å²) in [7, 11) is 1.57. The van der Waals surface area contributed by atoms with Crippen LogP contribution in [0.5, 0.6) is 5.75 Å². The fraction of sp³-hybridized carbons (Fsp3) is 0.150. The Labute approximate surface area is 161 Å². The van der Waals surface area contributed by atoms with Gasteiger partial charge in [0.15, 0.2) is 5.13 Å². The summed E-state index contributed by atoms with van der Waals surface area (Å²) in [6, 6.07) is 14.3. The maximum Gasteiger partial charge on any atom is 0.267 e. The maximum atomic E-state index is 12.5. The Balaban J connectivity index is 1.72. The van der Waals surface area contributed by atoms with E-state index in [1.165, 1.54) is 0 Å². The van der Waals surface area contributed by atoms with Gasteiger partial charge in [0, 0.05) is 17.3 Å². The van der Waals surface area contributed by atoms with E-state index in [0.717, 1.165) is 16.9 Å². The lowest BCUT2D eigenvalue weighted by Gasteiger charge is -2.06. The summed E-state index contributed by atoms with van der Waals surface area (Å²) in [6.07, 6.45) is 0. The van der Waals surface area contributed by atoms with Crippen molar-refractivity contribution in [1.29, 1.82) is 0 Å². The van der Waals surface area contributed by atoms with Crippen molar-refractivity contribution in [2.75, 3.05) is 17.7 Å². The summed E-state index contributed by atoms with van der Waals surface area (Å²) < 4.78 is 5.15. The largest absolute Gasteiger partial charge is 0.497 e. The maximum absolute atomic E-state index is 12.5. The van der Waals surface area contributed by atoms with Gasteiger partial charge in [-0.1, -0.05) is 35.1 Å². The monoisotopic (exact) mass is 381 g/mol. The first kappa shape index (κ1) is 18.6. The van der Waals surface area contributed by atoms with Crippen LogP contribution in [-0.2, 0) is 0 Å². The number of carbonyl (C=O) groups excluding carboxylic acids is 2. The first-order valence-corrected chi connectivity index (χ1v) is 9.09. The van der Waals surface area contributed by atoms with E-state index in [1.807, 2.05) is 19.1 Å². The van der Waals surface area contributed by atoms with Gasteiger partial charge in [-0.05, 0) is 38.1 Å². The second-order valence-electron chi connectivity index (χ2n) is 5.94. The Morgan fingerprint density at radius 2 is 1.74 bits per heavy atom. The van der Waals surface area contributed by atoms with Crippen LogP contribution < -0.4 is 15.4 Å². The number of hydrogen-bond acceptors (Lipinski definition) is 5. The highest BCUT2D eigenvalue weighted by Gasteiger charge is 2.17. The van der Waals surface area contributed by atoms with Gasteiger partial charge < -0.3 is 10.1 Å². The van der Waals surface area contributed by atoms with Gasteiger partial charge in [-0.25, -0.2) is 4.98 Å². The quantitative estimate of drug-likeness (QED) is 0.691. The molecule has 0 fully saturated rings. The number of rotatable bonds is 5. The van der Waals surface area contributed by atoms with Gasteiger partial charge in [-0.15, -0.1) is 0 Å². The molecule has 2 N–H and O–H groups in total. The van der Waals surface area contributed by atoms with E-state index in [4.69, 9.17) is 4.74 Å². The zero-order chi connectivity index (χ0) is 19.4. The molecule has 2 amide bonds. The van der Waals surface area contributed by atoms with E-state index >= 15 is 0 Å². The number of methoxy groups -OCH3 is 1. The highest BCUT2D eigenvalue weighted by molar-refractivity contribution is 7.17. The minimum atomic E-state index is -0.283. The molecule has 2 aromatic carbocycles. The average molecular weight is 381 g/mol. The van der Waals surface area contributed by atoms with Crippen LogP contribution in [0.4, 0.5) is 10.8 Å². The molecule has 3 rings (SSSR count). The fourth-order valence-electron chi connectivity index (χ4n) is 2.42. The zero-order valence-corrected chi connectivity index (χ0v) is 16.0. The first-order chi connectivity index (χ1) is 13.0. The second kappa shape index (κ2) is 8.01. The van der Waals surface area contributed by atoms with Crippen LogP contribution in [0.1, 0.15) is 31.3 Å². The van der Waals surface area contributed by atoms with Crippen LogP contribution in [0, 0.1) is 13.8 Å². The third-order valence-electron chi connectivity index (χ3n) is 3.86. The lowest BCUT2D eigenvalue weighted by Crippen LogP contribution is -2.11. The molecule has 6 nitrogen and oxygen atoms in total. The lowest BCUT2D eigenvalue weighted by molar-refractivity contribution is 0.102. The molecule has 1 aromatic heterocycles. The molecule has 0 saturated heterocycles. The van der Waals surface area contributed by atoms with Gasteiger partial charge in [0.2, 0.25) is 0 Å². The lowest BCUT2D eigenvalue weighted by atomic mass is 10.1. The molecule has 1 heterocycles. The number of hydrogen-bond donors (Lipinski definition) is 2. The van der Waals surface area contributed by atoms with Crippen molar-refractivity contribution in [3.63, 3.8) is 0 Å². The Bertz CT molecular complexity index is 980. The summed E-state index contributed by atoms with van der Waals surface area (Å²) in [4.78, 5) is 29.6. The fourth-order valence-corrected chi connectivity index (χ4v) is 3.28. The number of carbonyl (C=O) groups is 2. The van der Waals surface area contributed by atoms with Crippen LogP contribution in [-0.4, -0.2) is 23.9 Å². The molecule has 0 unspecified atom stereocenters. The predicted octanol–water partition coefficient (Wildman–Crippen LogP) is 4.27. The summed E-state index contributed by atoms with van der Waals surface area (Å²) in [5.74, 6) is 0.109. The molecule has 0 bridgehead atoms.